The summed E-state index contributed by atoms with van der Waals surface area (Å²) in [6.45, 7) is 6.55. The van der Waals surface area contributed by atoms with Crippen molar-refractivity contribution < 1.29 is 0 Å². The van der Waals surface area contributed by atoms with Crippen LogP contribution >= 0.6 is 0 Å². The maximum atomic E-state index is 2.27. The normalized spacial score (nSPS) is 14.8. The summed E-state index contributed by atoms with van der Waals surface area (Å²) < 4.78 is 0. The molecule has 0 heteroatoms. The Hall–Kier alpha value is -0.520. The molecule has 0 aromatic carbocycles. The highest BCUT2D eigenvalue weighted by molar-refractivity contribution is 5.02. The van der Waals surface area contributed by atoms with Gasteiger partial charge in [-0.25, -0.2) is 0 Å². The Morgan fingerprint density at radius 3 is 2.55 bits per heavy atom. The van der Waals surface area contributed by atoms with E-state index in [4.69, 9.17) is 0 Å². The van der Waals surface area contributed by atoms with Crippen molar-refractivity contribution in [1.82, 2.24) is 0 Å². The molecule has 0 radical (unpaired) electrons. The lowest BCUT2D eigenvalue weighted by atomic mass is 10.0. The third-order valence-electron chi connectivity index (χ3n) is 1.76. The molecule has 0 nitrogen and oxygen atoms in total. The van der Waals surface area contributed by atoms with Crippen molar-refractivity contribution in [2.75, 3.05) is 0 Å². The third kappa shape index (κ3) is 7.38. The van der Waals surface area contributed by atoms with Gasteiger partial charge in [0.15, 0.2) is 0 Å². The van der Waals surface area contributed by atoms with E-state index in [1.807, 2.05) is 6.92 Å². The molecule has 0 aliphatic rings. The molecule has 0 amide bonds. The first-order valence-corrected chi connectivity index (χ1v) is 4.60. The van der Waals surface area contributed by atoms with Gasteiger partial charge in [-0.3, -0.25) is 0 Å². The lowest BCUT2D eigenvalue weighted by Gasteiger charge is -2.02. The van der Waals surface area contributed by atoms with E-state index in [1.165, 1.54) is 19.3 Å². The first-order valence-electron chi connectivity index (χ1n) is 4.60. The van der Waals surface area contributed by atoms with Crippen LogP contribution in [-0.4, -0.2) is 0 Å². The van der Waals surface area contributed by atoms with Crippen molar-refractivity contribution in [3.05, 3.63) is 24.3 Å². The van der Waals surface area contributed by atoms with Crippen LogP contribution in [0.5, 0.6) is 0 Å². The Labute approximate surface area is 71.0 Å². The Bertz CT molecular complexity index is 120. The van der Waals surface area contributed by atoms with Crippen LogP contribution in [0.4, 0.5) is 0 Å². The van der Waals surface area contributed by atoms with Crippen LogP contribution in [0.3, 0.4) is 0 Å². The first-order chi connectivity index (χ1) is 5.31. The molecule has 0 aliphatic heterocycles. The van der Waals surface area contributed by atoms with Crippen LogP contribution in [0.2, 0.25) is 0 Å². The Balaban J connectivity index is 3.42. The van der Waals surface area contributed by atoms with Gasteiger partial charge in [-0.1, -0.05) is 51.0 Å². The van der Waals surface area contributed by atoms with Crippen molar-refractivity contribution in [1.29, 1.82) is 0 Å². The predicted molar refractivity (Wildman–Crippen MR) is 52.6 cm³/mol. The number of unbranched alkanes of at least 4 members (excludes halogenated alkanes) is 1. The van der Waals surface area contributed by atoms with Gasteiger partial charge in [0.05, 0.1) is 0 Å². The fourth-order valence-corrected chi connectivity index (χ4v) is 0.987. The Morgan fingerprint density at radius 2 is 2.00 bits per heavy atom. The molecule has 0 N–H and O–H groups in total. The molecule has 0 rings (SSSR count). The summed E-state index contributed by atoms with van der Waals surface area (Å²) in [4.78, 5) is 0. The van der Waals surface area contributed by atoms with Gasteiger partial charge >= 0.3 is 0 Å². The second kappa shape index (κ2) is 7.59. The molecule has 11 heavy (non-hydrogen) atoms. The second-order valence-corrected chi connectivity index (χ2v) is 3.03. The molecule has 0 aromatic heterocycles. The Morgan fingerprint density at radius 1 is 1.27 bits per heavy atom. The van der Waals surface area contributed by atoms with E-state index in [0.717, 1.165) is 5.92 Å². The number of allylic oxidation sites excluding steroid dienone is 4. The van der Waals surface area contributed by atoms with Crippen molar-refractivity contribution in [2.45, 2.75) is 40.0 Å². The summed E-state index contributed by atoms with van der Waals surface area (Å²) in [5.41, 5.74) is 0. The summed E-state index contributed by atoms with van der Waals surface area (Å²) in [6.07, 6.45) is 12.5. The number of hydrogen-bond acceptors (Lipinski definition) is 0. The average Bonchev–Trinajstić information content (AvgIpc) is 2.01. The van der Waals surface area contributed by atoms with Crippen LogP contribution in [0.15, 0.2) is 24.3 Å². The highest BCUT2D eigenvalue weighted by atomic mass is 14.0. The first kappa shape index (κ1) is 10.5. The summed E-state index contributed by atoms with van der Waals surface area (Å²) >= 11 is 0. The van der Waals surface area contributed by atoms with Gasteiger partial charge in [0, 0.05) is 0 Å². The monoisotopic (exact) mass is 152 g/mol. The smallest absolute Gasteiger partial charge is 0.0259 e. The van der Waals surface area contributed by atoms with Crippen LogP contribution in [0.25, 0.3) is 0 Å². The average molecular weight is 152 g/mol. The van der Waals surface area contributed by atoms with E-state index >= 15 is 0 Å². The van der Waals surface area contributed by atoms with Gasteiger partial charge in [-0.05, 0) is 19.3 Å². The lowest BCUT2D eigenvalue weighted by molar-refractivity contribution is 0.598. The largest absolute Gasteiger partial charge is 0.0877 e. The molecule has 0 fully saturated rings. The molecule has 0 spiro atoms. The van der Waals surface area contributed by atoms with E-state index < -0.39 is 0 Å². The number of rotatable bonds is 5. The van der Waals surface area contributed by atoms with Gasteiger partial charge in [-0.15, -0.1) is 0 Å². The molecule has 64 valence electrons. The molecule has 0 heterocycles. The van der Waals surface area contributed by atoms with Crippen molar-refractivity contribution >= 4 is 0 Å². The molecule has 0 saturated carbocycles. The van der Waals surface area contributed by atoms with Crippen LogP contribution < -0.4 is 0 Å². The van der Waals surface area contributed by atoms with E-state index in [9.17, 15) is 0 Å². The summed E-state index contributed by atoms with van der Waals surface area (Å²) in [5, 5.41) is 0. The van der Waals surface area contributed by atoms with Gasteiger partial charge in [0.2, 0.25) is 0 Å². The number of hydrogen-bond donors (Lipinski definition) is 0. The van der Waals surface area contributed by atoms with Gasteiger partial charge in [0.1, 0.15) is 0 Å². The van der Waals surface area contributed by atoms with Crippen molar-refractivity contribution in [2.24, 2.45) is 5.92 Å². The molecule has 1 atom stereocenters. The topological polar surface area (TPSA) is 0 Å². The second-order valence-electron chi connectivity index (χ2n) is 3.03. The highest BCUT2D eigenvalue weighted by Crippen LogP contribution is 2.08. The standard InChI is InChI=1S/C11H20/c1-4-6-8-10-11(3)9-7-5-2/h4,6,8,10-11H,5,7,9H2,1-3H3/b6-4-,10-8+. The molecular formula is C11H20. The zero-order valence-corrected chi connectivity index (χ0v) is 8.01. The summed E-state index contributed by atoms with van der Waals surface area (Å²) in [7, 11) is 0. The van der Waals surface area contributed by atoms with Gasteiger partial charge in [0.25, 0.3) is 0 Å². The minimum absolute atomic E-state index is 0.742. The van der Waals surface area contributed by atoms with Crippen molar-refractivity contribution in [3.8, 4) is 0 Å². The summed E-state index contributed by atoms with van der Waals surface area (Å²) in [5.74, 6) is 0.742. The fraction of sp³-hybridized carbons (Fsp3) is 0.636. The molecule has 0 aromatic rings. The maximum absolute atomic E-state index is 2.27. The van der Waals surface area contributed by atoms with Crippen LogP contribution in [-0.2, 0) is 0 Å². The Kier molecular flexibility index (Phi) is 7.23. The molecule has 0 aliphatic carbocycles. The molecule has 1 unspecified atom stereocenters. The van der Waals surface area contributed by atoms with E-state index in [2.05, 4.69) is 38.2 Å². The predicted octanol–water partition coefficient (Wildman–Crippen LogP) is 3.95. The minimum Gasteiger partial charge on any atom is -0.0877 e. The third-order valence-corrected chi connectivity index (χ3v) is 1.76. The fourth-order valence-electron chi connectivity index (χ4n) is 0.987. The molecular weight excluding hydrogens is 132 g/mol. The highest BCUT2D eigenvalue weighted by Gasteiger charge is 1.93. The lowest BCUT2D eigenvalue weighted by Crippen LogP contribution is -1.87. The molecule has 0 bridgehead atoms. The summed E-state index contributed by atoms with van der Waals surface area (Å²) in [6, 6.07) is 0. The zero-order valence-electron chi connectivity index (χ0n) is 8.01. The van der Waals surface area contributed by atoms with Gasteiger partial charge in [-0.2, -0.15) is 0 Å². The minimum atomic E-state index is 0.742. The van der Waals surface area contributed by atoms with Crippen LogP contribution in [0, 0.1) is 5.92 Å². The molecule has 0 saturated heterocycles. The van der Waals surface area contributed by atoms with E-state index in [1.54, 1.807) is 0 Å². The van der Waals surface area contributed by atoms with Crippen molar-refractivity contribution in [3.63, 3.8) is 0 Å². The van der Waals surface area contributed by atoms with E-state index in [-0.39, 0.29) is 0 Å². The quantitative estimate of drug-likeness (QED) is 0.523. The van der Waals surface area contributed by atoms with E-state index in [0.29, 0.717) is 0 Å². The SMILES string of the molecule is C/C=C\C=C\C(C)CCCC. The van der Waals surface area contributed by atoms with Crippen LogP contribution in [0.1, 0.15) is 40.0 Å². The zero-order chi connectivity index (χ0) is 8.53. The maximum Gasteiger partial charge on any atom is -0.0259 e. The van der Waals surface area contributed by atoms with Gasteiger partial charge < -0.3 is 0 Å².